The second-order valence-corrected chi connectivity index (χ2v) is 4.95. The van der Waals surface area contributed by atoms with Gasteiger partial charge in [-0.2, -0.15) is 0 Å². The number of nitrogens with one attached hydrogen (secondary N) is 1. The molecule has 1 rings (SSSR count). The van der Waals surface area contributed by atoms with E-state index in [2.05, 4.69) is 5.32 Å². The zero-order chi connectivity index (χ0) is 14.4. The molecule has 104 valence electrons. The normalized spacial score (nSPS) is 11.9. The molecule has 0 spiro atoms. The first kappa shape index (κ1) is 15.8. The van der Waals surface area contributed by atoms with Crippen LogP contribution in [0.25, 0.3) is 0 Å². The molecule has 6 heteroatoms. The fourth-order valence-electron chi connectivity index (χ4n) is 1.58. The summed E-state index contributed by atoms with van der Waals surface area (Å²) in [5.74, 6) is -1.33. The molecule has 0 fully saturated rings. The van der Waals surface area contributed by atoms with Gasteiger partial charge < -0.3 is 10.4 Å². The van der Waals surface area contributed by atoms with E-state index in [9.17, 15) is 9.59 Å². The van der Waals surface area contributed by atoms with E-state index in [-0.39, 0.29) is 12.3 Å². The Morgan fingerprint density at radius 1 is 1.37 bits per heavy atom. The van der Waals surface area contributed by atoms with E-state index in [1.807, 2.05) is 0 Å². The lowest BCUT2D eigenvalue weighted by molar-refractivity contribution is -0.141. The van der Waals surface area contributed by atoms with Crippen molar-refractivity contribution in [2.45, 2.75) is 32.2 Å². The Morgan fingerprint density at radius 3 is 2.58 bits per heavy atom. The van der Waals surface area contributed by atoms with Crippen LogP contribution >= 0.6 is 23.2 Å². The second kappa shape index (κ2) is 7.36. The maximum atomic E-state index is 11.6. The van der Waals surface area contributed by atoms with Gasteiger partial charge in [-0.25, -0.2) is 4.79 Å². The lowest BCUT2D eigenvalue weighted by Gasteiger charge is -2.12. The Labute approximate surface area is 121 Å². The minimum Gasteiger partial charge on any atom is -0.480 e. The Morgan fingerprint density at radius 2 is 2.05 bits per heavy atom. The molecule has 0 aliphatic heterocycles. The first-order chi connectivity index (χ1) is 8.93. The van der Waals surface area contributed by atoms with Crippen LogP contribution in [-0.4, -0.2) is 23.0 Å². The lowest BCUT2D eigenvalue weighted by atomic mass is 10.1. The lowest BCUT2D eigenvalue weighted by Crippen LogP contribution is -2.40. The monoisotopic (exact) mass is 303 g/mol. The van der Waals surface area contributed by atoms with Crippen LogP contribution in [0, 0.1) is 0 Å². The van der Waals surface area contributed by atoms with Gasteiger partial charge in [-0.05, 0) is 30.5 Å². The molecule has 0 saturated heterocycles. The molecular formula is C13H15Cl2NO3. The summed E-state index contributed by atoms with van der Waals surface area (Å²) >= 11 is 11.8. The van der Waals surface area contributed by atoms with Crippen molar-refractivity contribution in [3.8, 4) is 0 Å². The van der Waals surface area contributed by atoms with Gasteiger partial charge >= 0.3 is 5.97 Å². The Balaban J connectivity index is 2.52. The highest BCUT2D eigenvalue weighted by Gasteiger charge is 2.17. The number of hydrogen-bond donors (Lipinski definition) is 2. The summed E-state index contributed by atoms with van der Waals surface area (Å²) in [5, 5.41) is 12.3. The number of carboxylic acids is 1. The average molecular weight is 304 g/mol. The van der Waals surface area contributed by atoms with Crippen LogP contribution in [0.3, 0.4) is 0 Å². The SMILES string of the molecule is CC[C@@H](NC(=O)CCc1ccc(Cl)cc1Cl)C(=O)O. The van der Waals surface area contributed by atoms with Gasteiger partial charge in [0, 0.05) is 16.5 Å². The molecule has 1 aromatic rings. The molecule has 1 aromatic carbocycles. The van der Waals surface area contributed by atoms with Crippen molar-refractivity contribution in [1.82, 2.24) is 5.32 Å². The van der Waals surface area contributed by atoms with Gasteiger partial charge in [-0.1, -0.05) is 36.2 Å². The molecule has 0 aliphatic rings. The summed E-state index contributed by atoms with van der Waals surface area (Å²) in [6.07, 6.45) is 0.978. The number of benzene rings is 1. The number of carboxylic acid groups (broad SMARTS) is 1. The van der Waals surface area contributed by atoms with Crippen molar-refractivity contribution in [1.29, 1.82) is 0 Å². The number of aliphatic carboxylic acids is 1. The van der Waals surface area contributed by atoms with Gasteiger partial charge in [0.05, 0.1) is 0 Å². The number of carbonyl (C=O) groups is 2. The largest absolute Gasteiger partial charge is 0.480 e. The van der Waals surface area contributed by atoms with Crippen LogP contribution in [0.1, 0.15) is 25.3 Å². The molecule has 0 saturated carbocycles. The molecule has 0 aromatic heterocycles. The van der Waals surface area contributed by atoms with Crippen molar-refractivity contribution >= 4 is 35.1 Å². The van der Waals surface area contributed by atoms with Gasteiger partial charge in [0.1, 0.15) is 6.04 Å². The summed E-state index contributed by atoms with van der Waals surface area (Å²) in [5.41, 5.74) is 0.810. The van der Waals surface area contributed by atoms with Gasteiger partial charge in [-0.3, -0.25) is 4.79 Å². The number of aryl methyl sites for hydroxylation is 1. The van der Waals surface area contributed by atoms with E-state index in [1.165, 1.54) is 0 Å². The fourth-order valence-corrected chi connectivity index (χ4v) is 2.08. The third kappa shape index (κ3) is 5.09. The van der Waals surface area contributed by atoms with Crippen LogP contribution in [-0.2, 0) is 16.0 Å². The first-order valence-corrected chi connectivity index (χ1v) is 6.65. The van der Waals surface area contributed by atoms with Gasteiger partial charge in [0.2, 0.25) is 5.91 Å². The van der Waals surface area contributed by atoms with Crippen molar-refractivity contribution in [3.05, 3.63) is 33.8 Å². The number of halogens is 2. The Hall–Kier alpha value is -1.26. The Kier molecular flexibility index (Phi) is 6.12. The van der Waals surface area contributed by atoms with E-state index in [1.54, 1.807) is 25.1 Å². The highest BCUT2D eigenvalue weighted by Crippen LogP contribution is 2.21. The second-order valence-electron chi connectivity index (χ2n) is 4.10. The molecule has 0 bridgehead atoms. The number of rotatable bonds is 6. The molecule has 0 heterocycles. The van der Waals surface area contributed by atoms with Crippen LogP contribution in [0.2, 0.25) is 10.0 Å². The highest BCUT2D eigenvalue weighted by molar-refractivity contribution is 6.35. The summed E-state index contributed by atoms with van der Waals surface area (Å²) in [6, 6.07) is 4.23. The standard InChI is InChI=1S/C13H15Cl2NO3/c1-2-11(13(18)19)16-12(17)6-4-8-3-5-9(14)7-10(8)15/h3,5,7,11H,2,4,6H2,1H3,(H,16,17)(H,18,19)/t11-/m1/s1. The van der Waals surface area contributed by atoms with Crippen molar-refractivity contribution in [2.75, 3.05) is 0 Å². The summed E-state index contributed by atoms with van der Waals surface area (Å²) in [4.78, 5) is 22.4. The number of amides is 1. The summed E-state index contributed by atoms with van der Waals surface area (Å²) in [6.45, 7) is 1.70. The molecular weight excluding hydrogens is 289 g/mol. The zero-order valence-electron chi connectivity index (χ0n) is 10.5. The smallest absolute Gasteiger partial charge is 0.326 e. The molecule has 0 radical (unpaired) electrons. The molecule has 19 heavy (non-hydrogen) atoms. The van der Waals surface area contributed by atoms with Crippen molar-refractivity contribution in [2.24, 2.45) is 0 Å². The van der Waals surface area contributed by atoms with Crippen molar-refractivity contribution in [3.63, 3.8) is 0 Å². The minimum atomic E-state index is -1.03. The Bertz CT molecular complexity index is 477. The van der Waals surface area contributed by atoms with Crippen LogP contribution < -0.4 is 5.32 Å². The van der Waals surface area contributed by atoms with Crippen molar-refractivity contribution < 1.29 is 14.7 Å². The third-order valence-corrected chi connectivity index (χ3v) is 3.27. The van der Waals surface area contributed by atoms with E-state index in [4.69, 9.17) is 28.3 Å². The molecule has 1 amide bonds. The van der Waals surface area contributed by atoms with Crippen LogP contribution in [0.5, 0.6) is 0 Å². The zero-order valence-corrected chi connectivity index (χ0v) is 12.0. The summed E-state index contributed by atoms with van der Waals surface area (Å²) < 4.78 is 0. The van der Waals surface area contributed by atoms with Crippen LogP contribution in [0.4, 0.5) is 0 Å². The number of carbonyl (C=O) groups excluding carboxylic acids is 1. The molecule has 2 N–H and O–H groups in total. The van der Waals surface area contributed by atoms with E-state index < -0.39 is 12.0 Å². The minimum absolute atomic E-state index is 0.186. The fraction of sp³-hybridized carbons (Fsp3) is 0.385. The van der Waals surface area contributed by atoms with Gasteiger partial charge in [0.15, 0.2) is 0 Å². The average Bonchev–Trinajstić information content (AvgIpc) is 2.34. The number of hydrogen-bond acceptors (Lipinski definition) is 2. The molecule has 0 unspecified atom stereocenters. The molecule has 0 aliphatic carbocycles. The molecule has 4 nitrogen and oxygen atoms in total. The van der Waals surface area contributed by atoms with Gasteiger partial charge in [0.25, 0.3) is 0 Å². The predicted octanol–water partition coefficient (Wildman–Crippen LogP) is 2.91. The quantitative estimate of drug-likeness (QED) is 0.849. The maximum Gasteiger partial charge on any atom is 0.326 e. The van der Waals surface area contributed by atoms with E-state index in [0.29, 0.717) is 22.9 Å². The molecule has 1 atom stereocenters. The van der Waals surface area contributed by atoms with Gasteiger partial charge in [-0.15, -0.1) is 0 Å². The van der Waals surface area contributed by atoms with E-state index >= 15 is 0 Å². The topological polar surface area (TPSA) is 66.4 Å². The predicted molar refractivity (Wildman–Crippen MR) is 74.6 cm³/mol. The van der Waals surface area contributed by atoms with Crippen LogP contribution in [0.15, 0.2) is 18.2 Å². The summed E-state index contributed by atoms with van der Waals surface area (Å²) in [7, 11) is 0. The first-order valence-electron chi connectivity index (χ1n) is 5.90. The highest BCUT2D eigenvalue weighted by atomic mass is 35.5. The maximum absolute atomic E-state index is 11.6. The third-order valence-electron chi connectivity index (χ3n) is 2.68. The van der Waals surface area contributed by atoms with E-state index in [0.717, 1.165) is 5.56 Å².